The molecule has 0 unspecified atom stereocenters. The molecular weight excluding hydrogens is 294 g/mol. The number of carbonyl (C=O) groups excluding carboxylic acids is 1. The highest BCUT2D eigenvalue weighted by atomic mass is 32.1. The van der Waals surface area contributed by atoms with Crippen molar-refractivity contribution in [1.29, 1.82) is 0 Å². The maximum atomic E-state index is 11.9. The fourth-order valence-corrected chi connectivity index (χ4v) is 2.57. The van der Waals surface area contributed by atoms with E-state index in [1.165, 1.54) is 17.4 Å². The molecule has 0 saturated heterocycles. The summed E-state index contributed by atoms with van der Waals surface area (Å²) >= 11 is 1.45. The third-order valence-corrected chi connectivity index (χ3v) is 3.66. The molecule has 1 N–H and O–H groups in total. The third-order valence-electron chi connectivity index (χ3n) is 2.60. The maximum Gasteiger partial charge on any atom is 0.322 e. The summed E-state index contributed by atoms with van der Waals surface area (Å²) in [6, 6.07) is 1.52. The van der Waals surface area contributed by atoms with Crippen LogP contribution < -0.4 is 5.32 Å². The number of aryl methyl sites for hydroxylation is 3. The molecule has 3 heterocycles. The Balaban J connectivity index is 1.79. The van der Waals surface area contributed by atoms with Gasteiger partial charge in [-0.15, -0.1) is 16.4 Å². The number of aromatic nitrogens is 4. The Morgan fingerprint density at radius 1 is 1.29 bits per heavy atom. The van der Waals surface area contributed by atoms with Gasteiger partial charge in [0.25, 0.3) is 11.8 Å². The maximum absolute atomic E-state index is 11.9. The topological polar surface area (TPSA) is 107 Å². The van der Waals surface area contributed by atoms with Gasteiger partial charge in [-0.3, -0.25) is 10.1 Å². The van der Waals surface area contributed by atoms with Gasteiger partial charge in [0.1, 0.15) is 10.6 Å². The molecule has 0 atom stereocenters. The number of hydrogen-bond acceptors (Lipinski definition) is 8. The highest BCUT2D eigenvalue weighted by Gasteiger charge is 2.18. The Labute approximate surface area is 123 Å². The molecule has 0 spiro atoms. The molecule has 9 heteroatoms. The van der Waals surface area contributed by atoms with E-state index in [4.69, 9.17) is 8.94 Å². The van der Waals surface area contributed by atoms with Crippen molar-refractivity contribution in [2.24, 2.45) is 0 Å². The van der Waals surface area contributed by atoms with Gasteiger partial charge in [0.2, 0.25) is 0 Å². The molecule has 0 fully saturated rings. The number of rotatable bonds is 3. The standard InChI is InChI=1S/C12H11N5O3S/c1-5-4-8(17-20-5)10(18)14-12-16-15-11(19-12)9-6(2)13-7(3)21-9/h4H,1-3H3,(H,14,16,18). The monoisotopic (exact) mass is 305 g/mol. The summed E-state index contributed by atoms with van der Waals surface area (Å²) < 4.78 is 10.3. The normalized spacial score (nSPS) is 10.8. The Kier molecular flexibility index (Phi) is 3.26. The number of thiazole rings is 1. The lowest BCUT2D eigenvalue weighted by atomic mass is 10.3. The molecule has 21 heavy (non-hydrogen) atoms. The van der Waals surface area contributed by atoms with Crippen LogP contribution in [0, 0.1) is 20.8 Å². The average Bonchev–Trinajstić information content (AvgIpc) is 3.10. The summed E-state index contributed by atoms with van der Waals surface area (Å²) in [7, 11) is 0. The Hall–Kier alpha value is -2.55. The molecule has 0 aliphatic carbocycles. The second kappa shape index (κ2) is 5.09. The molecule has 108 valence electrons. The van der Waals surface area contributed by atoms with Crippen molar-refractivity contribution in [2.75, 3.05) is 5.32 Å². The predicted octanol–water partition coefficient (Wildman–Crippen LogP) is 2.36. The van der Waals surface area contributed by atoms with Crippen LogP contribution in [0.2, 0.25) is 0 Å². The first-order valence-electron chi connectivity index (χ1n) is 6.05. The number of nitrogens with zero attached hydrogens (tertiary/aromatic N) is 4. The van der Waals surface area contributed by atoms with Crippen LogP contribution in [0.3, 0.4) is 0 Å². The molecule has 1 amide bonds. The summed E-state index contributed by atoms with van der Waals surface area (Å²) in [5.41, 5.74) is 0.961. The fourth-order valence-electron chi connectivity index (χ4n) is 1.73. The number of nitrogens with one attached hydrogen (secondary N) is 1. The van der Waals surface area contributed by atoms with E-state index >= 15 is 0 Å². The molecule has 0 bridgehead atoms. The van der Waals surface area contributed by atoms with Crippen molar-refractivity contribution < 1.29 is 13.7 Å². The summed E-state index contributed by atoms with van der Waals surface area (Å²) in [5, 5.41) is 14.7. The summed E-state index contributed by atoms with van der Waals surface area (Å²) in [6.07, 6.45) is 0. The number of amides is 1. The summed E-state index contributed by atoms with van der Waals surface area (Å²) in [4.78, 5) is 17.0. The van der Waals surface area contributed by atoms with E-state index in [9.17, 15) is 4.79 Å². The molecule has 0 aliphatic heterocycles. The molecule has 8 nitrogen and oxygen atoms in total. The van der Waals surface area contributed by atoms with E-state index in [-0.39, 0.29) is 11.7 Å². The van der Waals surface area contributed by atoms with Crippen LogP contribution in [-0.2, 0) is 0 Å². The smallest absolute Gasteiger partial charge is 0.322 e. The lowest BCUT2D eigenvalue weighted by Crippen LogP contribution is -2.12. The Morgan fingerprint density at radius 3 is 2.71 bits per heavy atom. The molecule has 0 radical (unpaired) electrons. The largest absolute Gasteiger partial charge is 0.402 e. The zero-order valence-corrected chi connectivity index (χ0v) is 12.3. The van der Waals surface area contributed by atoms with Crippen LogP contribution in [0.15, 0.2) is 15.0 Å². The van der Waals surface area contributed by atoms with E-state index in [0.717, 1.165) is 15.6 Å². The van der Waals surface area contributed by atoms with Crippen LogP contribution in [-0.4, -0.2) is 26.2 Å². The summed E-state index contributed by atoms with van der Waals surface area (Å²) in [6.45, 7) is 5.45. The number of anilines is 1. The molecule has 3 aromatic heterocycles. The van der Waals surface area contributed by atoms with Crippen molar-refractivity contribution in [3.63, 3.8) is 0 Å². The SMILES string of the molecule is Cc1cc(C(=O)Nc2nnc(-c3sc(C)nc3C)o2)no1. The first kappa shape index (κ1) is 13.4. The minimum absolute atomic E-state index is 0.00102. The highest BCUT2D eigenvalue weighted by molar-refractivity contribution is 7.15. The predicted molar refractivity (Wildman–Crippen MR) is 74.1 cm³/mol. The zero-order valence-electron chi connectivity index (χ0n) is 11.5. The van der Waals surface area contributed by atoms with Gasteiger partial charge in [0.15, 0.2) is 5.69 Å². The second-order valence-corrected chi connectivity index (χ2v) is 5.54. The quantitative estimate of drug-likeness (QED) is 0.791. The van der Waals surface area contributed by atoms with Gasteiger partial charge < -0.3 is 8.94 Å². The average molecular weight is 305 g/mol. The number of hydrogen-bond donors (Lipinski definition) is 1. The van der Waals surface area contributed by atoms with Gasteiger partial charge in [0, 0.05) is 6.07 Å². The molecule has 3 rings (SSSR count). The van der Waals surface area contributed by atoms with Gasteiger partial charge in [0.05, 0.1) is 10.7 Å². The van der Waals surface area contributed by atoms with Gasteiger partial charge in [-0.1, -0.05) is 10.3 Å². The zero-order chi connectivity index (χ0) is 15.0. The minimum Gasteiger partial charge on any atom is -0.402 e. The van der Waals surface area contributed by atoms with E-state index in [1.807, 2.05) is 13.8 Å². The summed E-state index contributed by atoms with van der Waals surface area (Å²) in [5.74, 6) is 0.395. The van der Waals surface area contributed by atoms with Crippen LogP contribution >= 0.6 is 11.3 Å². The second-order valence-electron chi connectivity index (χ2n) is 4.34. The van der Waals surface area contributed by atoms with Crippen molar-refractivity contribution in [1.82, 2.24) is 20.3 Å². The first-order valence-corrected chi connectivity index (χ1v) is 6.87. The molecular formula is C12H11N5O3S. The van der Waals surface area contributed by atoms with Crippen molar-refractivity contribution in [3.8, 4) is 10.8 Å². The molecule has 0 aliphatic rings. The minimum atomic E-state index is -0.473. The van der Waals surface area contributed by atoms with Gasteiger partial charge in [-0.05, 0) is 20.8 Å². The van der Waals surface area contributed by atoms with Crippen molar-refractivity contribution in [2.45, 2.75) is 20.8 Å². The third kappa shape index (κ3) is 2.68. The Bertz CT molecular complexity index is 804. The molecule has 0 aromatic carbocycles. The van der Waals surface area contributed by atoms with E-state index in [0.29, 0.717) is 11.7 Å². The highest BCUT2D eigenvalue weighted by Crippen LogP contribution is 2.29. The van der Waals surface area contributed by atoms with Crippen LogP contribution in [0.25, 0.3) is 10.8 Å². The number of carbonyl (C=O) groups is 1. The van der Waals surface area contributed by atoms with Gasteiger partial charge in [-0.25, -0.2) is 4.98 Å². The lowest BCUT2D eigenvalue weighted by Gasteiger charge is -1.94. The van der Waals surface area contributed by atoms with Crippen molar-refractivity contribution in [3.05, 3.63) is 28.2 Å². The lowest BCUT2D eigenvalue weighted by molar-refractivity contribution is 0.101. The van der Waals surface area contributed by atoms with Gasteiger partial charge >= 0.3 is 6.01 Å². The van der Waals surface area contributed by atoms with E-state index < -0.39 is 5.91 Å². The molecule has 0 saturated carbocycles. The van der Waals surface area contributed by atoms with Crippen molar-refractivity contribution >= 4 is 23.3 Å². The Morgan fingerprint density at radius 2 is 2.10 bits per heavy atom. The van der Waals surface area contributed by atoms with Crippen LogP contribution in [0.5, 0.6) is 0 Å². The van der Waals surface area contributed by atoms with Gasteiger partial charge in [-0.2, -0.15) is 0 Å². The first-order chi connectivity index (χ1) is 10.0. The van der Waals surface area contributed by atoms with Crippen LogP contribution in [0.1, 0.15) is 27.0 Å². The van der Waals surface area contributed by atoms with E-state index in [1.54, 1.807) is 6.92 Å². The fraction of sp³-hybridized carbons (Fsp3) is 0.250. The van der Waals surface area contributed by atoms with Crippen LogP contribution in [0.4, 0.5) is 6.01 Å². The molecule has 3 aromatic rings. The van der Waals surface area contributed by atoms with E-state index in [2.05, 4.69) is 25.7 Å².